The summed E-state index contributed by atoms with van der Waals surface area (Å²) in [6.07, 6.45) is -0.228. The summed E-state index contributed by atoms with van der Waals surface area (Å²) in [4.78, 5) is 22.5. The van der Waals surface area contributed by atoms with Gasteiger partial charge < -0.3 is 10.4 Å². The van der Waals surface area contributed by atoms with Crippen molar-refractivity contribution >= 4 is 33.5 Å². The van der Waals surface area contributed by atoms with E-state index >= 15 is 0 Å². The Hall–Kier alpha value is -1.43. The van der Waals surface area contributed by atoms with Gasteiger partial charge in [0.2, 0.25) is 5.91 Å². The maximum atomic E-state index is 13.4. The van der Waals surface area contributed by atoms with Crippen LogP contribution in [0.25, 0.3) is 0 Å². The van der Waals surface area contributed by atoms with Gasteiger partial charge in [-0.3, -0.25) is 9.59 Å². The van der Waals surface area contributed by atoms with Gasteiger partial charge in [0.1, 0.15) is 5.82 Å². The first-order valence-electron chi connectivity index (χ1n) is 5.20. The van der Waals surface area contributed by atoms with Crippen molar-refractivity contribution < 1.29 is 19.1 Å². The molecule has 1 aromatic rings. The standard InChI is InChI=1S/C12H13BrFNO3/c1-12(2,11(17)18)6-10(16)15-9-5-7(13)3-4-8(9)14/h3-5H,6H2,1-2H3,(H,15,16)(H,17,18). The van der Waals surface area contributed by atoms with Crippen molar-refractivity contribution in [2.75, 3.05) is 5.32 Å². The Balaban J connectivity index is 2.77. The van der Waals surface area contributed by atoms with Crippen molar-refractivity contribution in [1.82, 2.24) is 0 Å². The Morgan fingerprint density at radius 3 is 2.61 bits per heavy atom. The molecule has 0 aliphatic rings. The van der Waals surface area contributed by atoms with Gasteiger partial charge in [-0.05, 0) is 32.0 Å². The van der Waals surface area contributed by atoms with E-state index in [0.717, 1.165) is 0 Å². The van der Waals surface area contributed by atoms with E-state index in [0.29, 0.717) is 4.47 Å². The second-order valence-corrected chi connectivity index (χ2v) is 5.45. The molecular formula is C12H13BrFNO3. The average molecular weight is 318 g/mol. The number of nitrogens with one attached hydrogen (secondary N) is 1. The Morgan fingerprint density at radius 1 is 1.44 bits per heavy atom. The topological polar surface area (TPSA) is 66.4 Å². The first kappa shape index (κ1) is 14.6. The average Bonchev–Trinajstić information content (AvgIpc) is 2.22. The highest BCUT2D eigenvalue weighted by Gasteiger charge is 2.30. The highest BCUT2D eigenvalue weighted by molar-refractivity contribution is 9.10. The largest absolute Gasteiger partial charge is 0.481 e. The maximum Gasteiger partial charge on any atom is 0.309 e. The lowest BCUT2D eigenvalue weighted by Gasteiger charge is -2.18. The number of halogens is 2. The summed E-state index contributed by atoms with van der Waals surface area (Å²) in [5, 5.41) is 11.2. The SMILES string of the molecule is CC(C)(CC(=O)Nc1cc(Br)ccc1F)C(=O)O. The molecule has 0 bridgehead atoms. The van der Waals surface area contributed by atoms with Crippen molar-refractivity contribution in [2.45, 2.75) is 20.3 Å². The van der Waals surface area contributed by atoms with Gasteiger partial charge in [-0.15, -0.1) is 0 Å². The second kappa shape index (κ2) is 5.48. The molecule has 1 amide bonds. The van der Waals surface area contributed by atoms with Crippen molar-refractivity contribution in [3.05, 3.63) is 28.5 Å². The lowest BCUT2D eigenvalue weighted by atomic mass is 9.89. The molecule has 2 N–H and O–H groups in total. The van der Waals surface area contributed by atoms with Crippen LogP contribution in [0.1, 0.15) is 20.3 Å². The summed E-state index contributed by atoms with van der Waals surface area (Å²) < 4.78 is 14.0. The van der Waals surface area contributed by atoms with Crippen LogP contribution < -0.4 is 5.32 Å². The molecule has 18 heavy (non-hydrogen) atoms. The number of hydrogen-bond donors (Lipinski definition) is 2. The predicted molar refractivity (Wildman–Crippen MR) is 68.8 cm³/mol. The van der Waals surface area contributed by atoms with E-state index < -0.39 is 23.1 Å². The molecule has 0 unspecified atom stereocenters. The fourth-order valence-corrected chi connectivity index (χ4v) is 1.63. The summed E-state index contributed by atoms with van der Waals surface area (Å²) in [5.41, 5.74) is -1.16. The minimum Gasteiger partial charge on any atom is -0.481 e. The Labute approximate surface area is 112 Å². The summed E-state index contributed by atoms with van der Waals surface area (Å²) in [5.74, 6) is -2.19. The van der Waals surface area contributed by atoms with Crippen molar-refractivity contribution in [3.63, 3.8) is 0 Å². The van der Waals surface area contributed by atoms with Crippen molar-refractivity contribution in [1.29, 1.82) is 0 Å². The fourth-order valence-electron chi connectivity index (χ4n) is 1.26. The molecule has 0 atom stereocenters. The van der Waals surface area contributed by atoms with Crippen LogP contribution in [0, 0.1) is 11.2 Å². The maximum absolute atomic E-state index is 13.4. The normalized spacial score (nSPS) is 11.1. The molecule has 0 aliphatic carbocycles. The second-order valence-electron chi connectivity index (χ2n) is 4.54. The third-order valence-electron chi connectivity index (χ3n) is 2.38. The molecule has 0 saturated heterocycles. The van der Waals surface area contributed by atoms with E-state index in [4.69, 9.17) is 5.11 Å². The van der Waals surface area contributed by atoms with Gasteiger partial charge in [-0.2, -0.15) is 0 Å². The van der Waals surface area contributed by atoms with Gasteiger partial charge in [0.05, 0.1) is 11.1 Å². The predicted octanol–water partition coefficient (Wildman–Crippen LogP) is 3.03. The molecule has 4 nitrogen and oxygen atoms in total. The molecule has 0 radical (unpaired) electrons. The number of carboxylic acids is 1. The molecule has 0 heterocycles. The summed E-state index contributed by atoms with van der Waals surface area (Å²) in [6.45, 7) is 2.87. The molecule has 0 fully saturated rings. The summed E-state index contributed by atoms with van der Waals surface area (Å²) >= 11 is 3.16. The minimum absolute atomic E-state index is 0.0237. The van der Waals surface area contributed by atoms with E-state index in [9.17, 15) is 14.0 Å². The zero-order valence-electron chi connectivity index (χ0n) is 9.96. The smallest absolute Gasteiger partial charge is 0.309 e. The van der Waals surface area contributed by atoms with E-state index in [1.54, 1.807) is 0 Å². The Bertz CT molecular complexity index is 488. The molecule has 98 valence electrons. The number of aliphatic carboxylic acids is 1. The fraction of sp³-hybridized carbons (Fsp3) is 0.333. The molecule has 6 heteroatoms. The Kier molecular flexibility index (Phi) is 4.45. The van der Waals surface area contributed by atoms with Crippen LogP contribution in [0.5, 0.6) is 0 Å². The quantitative estimate of drug-likeness (QED) is 0.897. The number of carbonyl (C=O) groups is 2. The molecule has 0 spiro atoms. The number of anilines is 1. The molecule has 0 saturated carbocycles. The summed E-state index contributed by atoms with van der Waals surface area (Å²) in [6, 6.07) is 4.13. The number of carboxylic acid groups (broad SMARTS) is 1. The molecule has 0 aromatic heterocycles. The third-order valence-corrected chi connectivity index (χ3v) is 2.88. The highest BCUT2D eigenvalue weighted by atomic mass is 79.9. The number of carbonyl (C=O) groups excluding carboxylic acids is 1. The Morgan fingerprint density at radius 2 is 2.06 bits per heavy atom. The molecular weight excluding hydrogens is 305 g/mol. The van der Waals surface area contributed by atoms with Crippen LogP contribution in [0.3, 0.4) is 0 Å². The molecule has 0 aliphatic heterocycles. The summed E-state index contributed by atoms with van der Waals surface area (Å²) in [7, 11) is 0. The number of hydrogen-bond acceptors (Lipinski definition) is 2. The third kappa shape index (κ3) is 3.80. The monoisotopic (exact) mass is 317 g/mol. The van der Waals surface area contributed by atoms with Gasteiger partial charge in [0.25, 0.3) is 0 Å². The lowest BCUT2D eigenvalue weighted by Crippen LogP contribution is -2.29. The molecule has 1 aromatic carbocycles. The van der Waals surface area contributed by atoms with Gasteiger partial charge in [0, 0.05) is 10.9 Å². The van der Waals surface area contributed by atoms with Crippen LogP contribution in [0.4, 0.5) is 10.1 Å². The van der Waals surface area contributed by atoms with E-state index in [1.807, 2.05) is 0 Å². The van der Waals surface area contributed by atoms with Gasteiger partial charge in [-0.25, -0.2) is 4.39 Å². The van der Waals surface area contributed by atoms with Gasteiger partial charge >= 0.3 is 5.97 Å². The number of rotatable bonds is 4. The number of amides is 1. The van der Waals surface area contributed by atoms with E-state index in [1.165, 1.54) is 32.0 Å². The number of benzene rings is 1. The van der Waals surface area contributed by atoms with Crippen LogP contribution in [-0.2, 0) is 9.59 Å². The zero-order valence-corrected chi connectivity index (χ0v) is 11.5. The van der Waals surface area contributed by atoms with Crippen molar-refractivity contribution in [3.8, 4) is 0 Å². The van der Waals surface area contributed by atoms with E-state index in [-0.39, 0.29) is 12.1 Å². The molecule has 1 rings (SSSR count). The highest BCUT2D eigenvalue weighted by Crippen LogP contribution is 2.24. The van der Waals surface area contributed by atoms with Crippen LogP contribution in [-0.4, -0.2) is 17.0 Å². The van der Waals surface area contributed by atoms with Crippen LogP contribution >= 0.6 is 15.9 Å². The first-order chi connectivity index (χ1) is 8.22. The van der Waals surface area contributed by atoms with E-state index in [2.05, 4.69) is 21.2 Å². The van der Waals surface area contributed by atoms with Gasteiger partial charge in [0.15, 0.2) is 0 Å². The first-order valence-corrected chi connectivity index (χ1v) is 6.00. The lowest BCUT2D eigenvalue weighted by molar-refractivity contribution is -0.148. The van der Waals surface area contributed by atoms with Crippen molar-refractivity contribution in [2.24, 2.45) is 5.41 Å². The van der Waals surface area contributed by atoms with Crippen LogP contribution in [0.2, 0.25) is 0 Å². The van der Waals surface area contributed by atoms with Gasteiger partial charge in [-0.1, -0.05) is 15.9 Å². The van der Waals surface area contributed by atoms with Crippen LogP contribution in [0.15, 0.2) is 22.7 Å². The zero-order chi connectivity index (χ0) is 13.9. The minimum atomic E-state index is -1.19.